The molecule has 1 aromatic carbocycles. The summed E-state index contributed by atoms with van der Waals surface area (Å²) in [5.41, 5.74) is 0.691. The second-order valence-corrected chi connectivity index (χ2v) is 5.55. The van der Waals surface area contributed by atoms with Crippen LogP contribution in [0.3, 0.4) is 0 Å². The zero-order chi connectivity index (χ0) is 13.4. The maximum atomic E-state index is 12.0. The van der Waals surface area contributed by atoms with E-state index in [1.54, 1.807) is 17.0 Å². The van der Waals surface area contributed by atoms with E-state index in [-0.39, 0.29) is 24.2 Å². The number of halogens is 1. The molecule has 5 heteroatoms. The summed E-state index contributed by atoms with van der Waals surface area (Å²) in [6.07, 6.45) is 2.38. The summed E-state index contributed by atoms with van der Waals surface area (Å²) < 4.78 is 0. The van der Waals surface area contributed by atoms with Gasteiger partial charge in [0.05, 0.1) is 16.6 Å². The number of anilines is 1. The minimum atomic E-state index is -0.260. The van der Waals surface area contributed by atoms with Crippen molar-refractivity contribution in [3.05, 3.63) is 29.3 Å². The van der Waals surface area contributed by atoms with Crippen molar-refractivity contribution in [1.82, 2.24) is 5.32 Å². The van der Waals surface area contributed by atoms with Crippen molar-refractivity contribution < 1.29 is 9.59 Å². The first-order chi connectivity index (χ1) is 9.15. The van der Waals surface area contributed by atoms with E-state index in [1.165, 1.54) is 0 Å². The van der Waals surface area contributed by atoms with Crippen molar-refractivity contribution in [3.63, 3.8) is 0 Å². The van der Waals surface area contributed by atoms with Crippen molar-refractivity contribution in [2.75, 3.05) is 11.4 Å². The smallest absolute Gasteiger partial charge is 0.227 e. The van der Waals surface area contributed by atoms with Crippen LogP contribution in [-0.2, 0) is 9.59 Å². The van der Waals surface area contributed by atoms with Gasteiger partial charge in [0.15, 0.2) is 0 Å². The Morgan fingerprint density at radius 1 is 1.32 bits per heavy atom. The Kier molecular flexibility index (Phi) is 3.19. The molecule has 0 radical (unpaired) electrons. The van der Waals surface area contributed by atoms with Gasteiger partial charge in [0.2, 0.25) is 11.8 Å². The number of nitrogens with zero attached hydrogens (tertiary/aromatic N) is 1. The van der Waals surface area contributed by atoms with Gasteiger partial charge in [-0.05, 0) is 25.0 Å². The maximum absolute atomic E-state index is 12.0. The van der Waals surface area contributed by atoms with Crippen LogP contribution in [0, 0.1) is 5.92 Å². The van der Waals surface area contributed by atoms with E-state index in [4.69, 9.17) is 11.6 Å². The van der Waals surface area contributed by atoms with E-state index in [0.29, 0.717) is 23.3 Å². The lowest BCUT2D eigenvalue weighted by atomic mass is 10.1. The summed E-state index contributed by atoms with van der Waals surface area (Å²) in [7, 11) is 0. The fourth-order valence-corrected chi connectivity index (χ4v) is 2.57. The molecular weight excluding hydrogens is 264 g/mol. The lowest BCUT2D eigenvalue weighted by Crippen LogP contribution is -2.34. The number of hydrogen-bond donors (Lipinski definition) is 1. The molecule has 1 N–H and O–H groups in total. The van der Waals surface area contributed by atoms with E-state index in [0.717, 1.165) is 12.8 Å². The first-order valence-electron chi connectivity index (χ1n) is 6.50. The van der Waals surface area contributed by atoms with Crippen molar-refractivity contribution in [1.29, 1.82) is 0 Å². The maximum Gasteiger partial charge on any atom is 0.227 e. The van der Waals surface area contributed by atoms with Gasteiger partial charge in [-0.25, -0.2) is 0 Å². The van der Waals surface area contributed by atoms with Gasteiger partial charge in [-0.1, -0.05) is 23.7 Å². The Labute approximate surface area is 116 Å². The van der Waals surface area contributed by atoms with Gasteiger partial charge in [0, 0.05) is 19.0 Å². The molecular formula is C14H15ClN2O2. The molecule has 2 fully saturated rings. The molecule has 0 aromatic heterocycles. The molecule has 4 nitrogen and oxygen atoms in total. The Bertz CT molecular complexity index is 528. The standard InChI is InChI=1S/C14H15ClN2O2/c15-11-3-1-2-4-12(11)17-8-9(7-13(17)18)14(19)16-10-5-6-10/h1-4,9-10H,5-8H2,(H,16,19)/t9-/m1/s1. The zero-order valence-electron chi connectivity index (χ0n) is 10.4. The monoisotopic (exact) mass is 278 g/mol. The predicted molar refractivity (Wildman–Crippen MR) is 73.1 cm³/mol. The van der Waals surface area contributed by atoms with Crippen LogP contribution in [0.1, 0.15) is 19.3 Å². The third-order valence-electron chi connectivity index (χ3n) is 3.56. The normalized spacial score (nSPS) is 22.7. The van der Waals surface area contributed by atoms with Gasteiger partial charge in [0.25, 0.3) is 0 Å². The zero-order valence-corrected chi connectivity index (χ0v) is 11.2. The van der Waals surface area contributed by atoms with Gasteiger partial charge in [0.1, 0.15) is 0 Å². The average Bonchev–Trinajstić information content (AvgIpc) is 3.11. The van der Waals surface area contributed by atoms with E-state index in [9.17, 15) is 9.59 Å². The number of benzene rings is 1. The molecule has 2 amide bonds. The van der Waals surface area contributed by atoms with Gasteiger partial charge in [-0.2, -0.15) is 0 Å². The van der Waals surface area contributed by atoms with Crippen molar-refractivity contribution in [3.8, 4) is 0 Å². The van der Waals surface area contributed by atoms with Crippen LogP contribution in [0.15, 0.2) is 24.3 Å². The van der Waals surface area contributed by atoms with Crippen LogP contribution in [0.5, 0.6) is 0 Å². The molecule has 2 aliphatic rings. The lowest BCUT2D eigenvalue weighted by molar-refractivity contribution is -0.126. The van der Waals surface area contributed by atoms with E-state index in [2.05, 4.69) is 5.32 Å². The van der Waals surface area contributed by atoms with Crippen LogP contribution < -0.4 is 10.2 Å². The highest BCUT2D eigenvalue weighted by Gasteiger charge is 2.37. The average molecular weight is 279 g/mol. The van der Waals surface area contributed by atoms with E-state index < -0.39 is 0 Å². The highest BCUT2D eigenvalue weighted by atomic mass is 35.5. The Balaban J connectivity index is 1.72. The van der Waals surface area contributed by atoms with E-state index in [1.807, 2.05) is 12.1 Å². The van der Waals surface area contributed by atoms with Crippen molar-refractivity contribution >= 4 is 29.1 Å². The number of para-hydroxylation sites is 1. The SMILES string of the molecule is O=C(NC1CC1)[C@@H]1CC(=O)N(c2ccccc2Cl)C1. The molecule has 100 valence electrons. The topological polar surface area (TPSA) is 49.4 Å². The molecule has 1 aliphatic carbocycles. The summed E-state index contributed by atoms with van der Waals surface area (Å²) in [6.45, 7) is 0.418. The molecule has 0 unspecified atom stereocenters. The summed E-state index contributed by atoms with van der Waals surface area (Å²) >= 11 is 6.10. The van der Waals surface area contributed by atoms with Crippen LogP contribution in [0.4, 0.5) is 5.69 Å². The number of hydrogen-bond acceptors (Lipinski definition) is 2. The van der Waals surface area contributed by atoms with E-state index >= 15 is 0 Å². The quantitative estimate of drug-likeness (QED) is 0.919. The second-order valence-electron chi connectivity index (χ2n) is 5.14. The fourth-order valence-electron chi connectivity index (χ4n) is 2.33. The molecule has 1 heterocycles. The van der Waals surface area contributed by atoms with Crippen LogP contribution in [0.2, 0.25) is 5.02 Å². The van der Waals surface area contributed by atoms with Gasteiger partial charge < -0.3 is 10.2 Å². The number of carbonyl (C=O) groups is 2. The summed E-state index contributed by atoms with van der Waals surface area (Å²) in [5.74, 6) is -0.307. The predicted octanol–water partition coefficient (Wildman–Crippen LogP) is 1.97. The molecule has 1 aromatic rings. The fraction of sp³-hybridized carbons (Fsp3) is 0.429. The van der Waals surface area contributed by atoms with Crippen LogP contribution in [0.25, 0.3) is 0 Å². The molecule has 1 aliphatic heterocycles. The Hall–Kier alpha value is -1.55. The van der Waals surface area contributed by atoms with Crippen molar-refractivity contribution in [2.45, 2.75) is 25.3 Å². The molecule has 1 saturated heterocycles. The minimum absolute atomic E-state index is 0.00889. The number of rotatable bonds is 3. The highest BCUT2D eigenvalue weighted by molar-refractivity contribution is 6.33. The van der Waals surface area contributed by atoms with Gasteiger partial charge >= 0.3 is 0 Å². The molecule has 3 rings (SSSR count). The molecule has 1 atom stereocenters. The molecule has 1 saturated carbocycles. The summed E-state index contributed by atoms with van der Waals surface area (Å²) in [4.78, 5) is 25.6. The molecule has 19 heavy (non-hydrogen) atoms. The van der Waals surface area contributed by atoms with Crippen molar-refractivity contribution in [2.24, 2.45) is 5.92 Å². The third kappa shape index (κ3) is 2.59. The first-order valence-corrected chi connectivity index (χ1v) is 6.88. The number of nitrogens with one attached hydrogen (secondary N) is 1. The Morgan fingerprint density at radius 3 is 2.74 bits per heavy atom. The first kappa shape index (κ1) is 12.5. The largest absolute Gasteiger partial charge is 0.353 e. The minimum Gasteiger partial charge on any atom is -0.353 e. The highest BCUT2D eigenvalue weighted by Crippen LogP contribution is 2.31. The van der Waals surface area contributed by atoms with Gasteiger partial charge in [-0.3, -0.25) is 9.59 Å². The Morgan fingerprint density at radius 2 is 2.05 bits per heavy atom. The third-order valence-corrected chi connectivity index (χ3v) is 3.88. The molecule has 0 bridgehead atoms. The van der Waals surface area contributed by atoms with Crippen LogP contribution >= 0.6 is 11.6 Å². The summed E-state index contributed by atoms with van der Waals surface area (Å²) in [6, 6.07) is 7.55. The van der Waals surface area contributed by atoms with Crippen LogP contribution in [-0.4, -0.2) is 24.4 Å². The summed E-state index contributed by atoms with van der Waals surface area (Å²) in [5, 5.41) is 3.49. The second kappa shape index (κ2) is 4.85. The molecule has 0 spiro atoms. The van der Waals surface area contributed by atoms with Gasteiger partial charge in [-0.15, -0.1) is 0 Å². The lowest BCUT2D eigenvalue weighted by Gasteiger charge is -2.18. The number of carbonyl (C=O) groups excluding carboxylic acids is 2. The number of amides is 2.